The molecule has 0 aromatic heterocycles. The van der Waals surface area contributed by atoms with Gasteiger partial charge in [-0.25, -0.2) is 4.39 Å². The molecule has 1 N–H and O–H groups in total. The molecule has 0 fully saturated rings. The quantitative estimate of drug-likeness (QED) is 0.897. The first-order chi connectivity index (χ1) is 10.0. The Morgan fingerprint density at radius 2 is 1.86 bits per heavy atom. The Morgan fingerprint density at radius 3 is 2.52 bits per heavy atom. The molecular formula is C15H11FNO4-. The average molecular weight is 288 g/mol. The van der Waals surface area contributed by atoms with E-state index in [1.165, 1.54) is 48.5 Å². The van der Waals surface area contributed by atoms with Crippen molar-refractivity contribution in [3.8, 4) is 5.75 Å². The number of benzene rings is 2. The first kappa shape index (κ1) is 14.5. The Morgan fingerprint density at radius 1 is 1.14 bits per heavy atom. The predicted octanol–water partition coefficient (Wildman–Crippen LogP) is 1.21. The third-order valence-electron chi connectivity index (χ3n) is 2.57. The fourth-order valence-corrected chi connectivity index (χ4v) is 1.59. The van der Waals surface area contributed by atoms with Crippen molar-refractivity contribution in [3.05, 3.63) is 59.9 Å². The minimum Gasteiger partial charge on any atom is -0.545 e. The first-order valence-electron chi connectivity index (χ1n) is 6.04. The van der Waals surface area contributed by atoms with Crippen LogP contribution < -0.4 is 15.2 Å². The lowest BCUT2D eigenvalue weighted by Gasteiger charge is -2.09. The van der Waals surface area contributed by atoms with E-state index in [0.29, 0.717) is 5.69 Å². The number of anilines is 1. The van der Waals surface area contributed by atoms with Crippen molar-refractivity contribution >= 4 is 17.6 Å². The van der Waals surface area contributed by atoms with Crippen molar-refractivity contribution < 1.29 is 23.8 Å². The topological polar surface area (TPSA) is 78.5 Å². The molecule has 0 atom stereocenters. The Labute approximate surface area is 120 Å². The number of nitrogens with one attached hydrogen (secondary N) is 1. The zero-order valence-electron chi connectivity index (χ0n) is 10.8. The molecule has 2 aromatic rings. The van der Waals surface area contributed by atoms with Crippen LogP contribution >= 0.6 is 0 Å². The molecule has 108 valence electrons. The molecule has 0 aliphatic heterocycles. The number of ether oxygens (including phenoxy) is 1. The maximum atomic E-state index is 12.7. The van der Waals surface area contributed by atoms with Crippen LogP contribution in [0, 0.1) is 5.82 Å². The number of aromatic carboxylic acids is 1. The number of carbonyl (C=O) groups is 2. The minimum atomic E-state index is -1.32. The summed E-state index contributed by atoms with van der Waals surface area (Å²) in [5, 5.41) is 13.2. The summed E-state index contributed by atoms with van der Waals surface area (Å²) in [5.74, 6) is -1.93. The first-order valence-corrected chi connectivity index (χ1v) is 6.04. The summed E-state index contributed by atoms with van der Waals surface area (Å²) in [6.07, 6.45) is 0. The van der Waals surface area contributed by atoms with Crippen LogP contribution in [-0.2, 0) is 4.79 Å². The molecule has 6 heteroatoms. The van der Waals surface area contributed by atoms with Gasteiger partial charge >= 0.3 is 0 Å². The third-order valence-corrected chi connectivity index (χ3v) is 2.57. The van der Waals surface area contributed by atoms with Gasteiger partial charge < -0.3 is 20.0 Å². The summed E-state index contributed by atoms with van der Waals surface area (Å²) in [6, 6.07) is 10.9. The fourth-order valence-electron chi connectivity index (χ4n) is 1.59. The van der Waals surface area contributed by atoms with Gasteiger partial charge in [0.05, 0.1) is 5.97 Å². The van der Waals surface area contributed by atoms with Gasteiger partial charge in [0.15, 0.2) is 6.61 Å². The molecule has 0 saturated carbocycles. The van der Waals surface area contributed by atoms with E-state index in [2.05, 4.69) is 5.32 Å². The van der Waals surface area contributed by atoms with E-state index < -0.39 is 17.7 Å². The lowest BCUT2D eigenvalue weighted by molar-refractivity contribution is -0.255. The molecule has 2 aromatic carbocycles. The Kier molecular flexibility index (Phi) is 4.50. The average Bonchev–Trinajstić information content (AvgIpc) is 2.48. The van der Waals surface area contributed by atoms with E-state index in [1.54, 1.807) is 0 Å². The van der Waals surface area contributed by atoms with Crippen molar-refractivity contribution in [2.45, 2.75) is 0 Å². The summed E-state index contributed by atoms with van der Waals surface area (Å²) < 4.78 is 17.9. The van der Waals surface area contributed by atoms with E-state index in [-0.39, 0.29) is 17.9 Å². The highest BCUT2D eigenvalue weighted by Gasteiger charge is 2.04. The number of carbonyl (C=O) groups excluding carboxylic acids is 2. The van der Waals surface area contributed by atoms with Gasteiger partial charge in [0.2, 0.25) is 0 Å². The molecule has 1 amide bonds. The number of carboxylic acids is 1. The number of hydrogen-bond acceptors (Lipinski definition) is 4. The van der Waals surface area contributed by atoms with Crippen LogP contribution in [0.2, 0.25) is 0 Å². The van der Waals surface area contributed by atoms with Gasteiger partial charge in [-0.3, -0.25) is 4.79 Å². The molecule has 0 saturated heterocycles. The number of halogens is 1. The third kappa shape index (κ3) is 4.31. The van der Waals surface area contributed by atoms with Crippen LogP contribution in [0.15, 0.2) is 48.5 Å². The minimum absolute atomic E-state index is 0.0357. The molecule has 0 aliphatic rings. The normalized spacial score (nSPS) is 9.95. The van der Waals surface area contributed by atoms with Gasteiger partial charge in [-0.15, -0.1) is 0 Å². The zero-order chi connectivity index (χ0) is 15.2. The van der Waals surface area contributed by atoms with E-state index in [0.717, 1.165) is 0 Å². The molecule has 0 unspecified atom stereocenters. The lowest BCUT2D eigenvalue weighted by atomic mass is 10.2. The Bertz CT molecular complexity index is 655. The highest BCUT2D eigenvalue weighted by Crippen LogP contribution is 2.13. The van der Waals surface area contributed by atoms with Gasteiger partial charge in [-0.05, 0) is 36.4 Å². The van der Waals surface area contributed by atoms with E-state index >= 15 is 0 Å². The van der Waals surface area contributed by atoms with Gasteiger partial charge in [0, 0.05) is 11.3 Å². The summed E-state index contributed by atoms with van der Waals surface area (Å²) in [7, 11) is 0. The van der Waals surface area contributed by atoms with Crippen molar-refractivity contribution in [2.75, 3.05) is 11.9 Å². The molecule has 0 radical (unpaired) electrons. The number of amides is 1. The lowest BCUT2D eigenvalue weighted by Crippen LogP contribution is -2.22. The SMILES string of the molecule is O=C(COc1cccc(C(=O)[O-])c1)Nc1ccc(F)cc1. The molecule has 0 heterocycles. The highest BCUT2D eigenvalue weighted by atomic mass is 19.1. The second kappa shape index (κ2) is 6.51. The van der Waals surface area contributed by atoms with E-state index in [9.17, 15) is 19.1 Å². The van der Waals surface area contributed by atoms with Crippen LogP contribution in [0.4, 0.5) is 10.1 Å². The molecule has 5 nitrogen and oxygen atoms in total. The second-order valence-corrected chi connectivity index (χ2v) is 4.16. The van der Waals surface area contributed by atoms with Crippen molar-refractivity contribution in [2.24, 2.45) is 0 Å². The largest absolute Gasteiger partial charge is 0.545 e. The van der Waals surface area contributed by atoms with Gasteiger partial charge in [-0.1, -0.05) is 12.1 Å². The van der Waals surface area contributed by atoms with Crippen LogP contribution in [0.5, 0.6) is 5.75 Å². The molecule has 2 rings (SSSR count). The van der Waals surface area contributed by atoms with Gasteiger partial charge in [0.25, 0.3) is 5.91 Å². The summed E-state index contributed by atoms with van der Waals surface area (Å²) in [6.45, 7) is -0.298. The summed E-state index contributed by atoms with van der Waals surface area (Å²) in [4.78, 5) is 22.3. The van der Waals surface area contributed by atoms with Crippen LogP contribution in [0.1, 0.15) is 10.4 Å². The maximum Gasteiger partial charge on any atom is 0.262 e. The van der Waals surface area contributed by atoms with Crippen molar-refractivity contribution in [1.29, 1.82) is 0 Å². The second-order valence-electron chi connectivity index (χ2n) is 4.16. The Balaban J connectivity index is 1.90. The molecular weight excluding hydrogens is 277 g/mol. The van der Waals surface area contributed by atoms with Crippen molar-refractivity contribution in [3.63, 3.8) is 0 Å². The zero-order valence-corrected chi connectivity index (χ0v) is 10.8. The van der Waals surface area contributed by atoms with E-state index in [4.69, 9.17) is 4.74 Å². The predicted molar refractivity (Wildman–Crippen MR) is 71.3 cm³/mol. The number of carboxylic acid groups (broad SMARTS) is 1. The van der Waals surface area contributed by atoms with Crippen LogP contribution in [0.25, 0.3) is 0 Å². The van der Waals surface area contributed by atoms with Gasteiger partial charge in [0.1, 0.15) is 11.6 Å². The highest BCUT2D eigenvalue weighted by molar-refractivity contribution is 5.92. The van der Waals surface area contributed by atoms with Crippen LogP contribution in [0.3, 0.4) is 0 Å². The summed E-state index contributed by atoms with van der Waals surface area (Å²) in [5.41, 5.74) is 0.403. The fraction of sp³-hybridized carbons (Fsp3) is 0.0667. The standard InChI is InChI=1S/C15H12FNO4/c16-11-4-6-12(7-5-11)17-14(18)9-21-13-3-1-2-10(8-13)15(19)20/h1-8H,9H2,(H,17,18)(H,19,20)/p-1. The van der Waals surface area contributed by atoms with Crippen LogP contribution in [-0.4, -0.2) is 18.5 Å². The maximum absolute atomic E-state index is 12.7. The molecule has 21 heavy (non-hydrogen) atoms. The van der Waals surface area contributed by atoms with Gasteiger partial charge in [-0.2, -0.15) is 0 Å². The number of hydrogen-bond donors (Lipinski definition) is 1. The van der Waals surface area contributed by atoms with Crippen molar-refractivity contribution in [1.82, 2.24) is 0 Å². The molecule has 0 aliphatic carbocycles. The number of rotatable bonds is 5. The monoisotopic (exact) mass is 288 g/mol. The molecule has 0 spiro atoms. The Hall–Kier alpha value is -2.89. The molecule has 0 bridgehead atoms. The van der Waals surface area contributed by atoms with E-state index in [1.807, 2.05) is 0 Å². The summed E-state index contributed by atoms with van der Waals surface area (Å²) >= 11 is 0. The smallest absolute Gasteiger partial charge is 0.262 e.